The number of nitrogens with zero attached hydrogens (tertiary/aromatic N) is 3. The van der Waals surface area contributed by atoms with E-state index in [2.05, 4.69) is 4.98 Å². The molecule has 1 aliphatic rings. The minimum absolute atomic E-state index is 0.0344. The Balaban J connectivity index is 1.75. The van der Waals surface area contributed by atoms with E-state index in [0.717, 1.165) is 0 Å². The van der Waals surface area contributed by atoms with Crippen molar-refractivity contribution in [1.29, 1.82) is 0 Å². The van der Waals surface area contributed by atoms with Gasteiger partial charge in [-0.05, 0) is 12.1 Å². The maximum atomic E-state index is 13.1. The summed E-state index contributed by atoms with van der Waals surface area (Å²) in [5.74, 6) is -0.289. The number of pyridine rings is 1. The number of morpholine rings is 1. The molecule has 2 aromatic heterocycles. The predicted molar refractivity (Wildman–Crippen MR) is 66.3 cm³/mol. The van der Waals surface area contributed by atoms with E-state index >= 15 is 0 Å². The summed E-state index contributed by atoms with van der Waals surface area (Å²) in [5.41, 5.74) is 1.30. The third-order valence-electron chi connectivity index (χ3n) is 3.16. The van der Waals surface area contributed by atoms with Crippen LogP contribution in [0.25, 0.3) is 5.65 Å². The number of carbonyl (C=O) groups is 1. The Hall–Kier alpha value is -1.95. The van der Waals surface area contributed by atoms with Crippen molar-refractivity contribution in [2.24, 2.45) is 0 Å². The van der Waals surface area contributed by atoms with Gasteiger partial charge in [-0.3, -0.25) is 4.79 Å². The van der Waals surface area contributed by atoms with Gasteiger partial charge in [0, 0.05) is 25.5 Å². The predicted octanol–water partition coefficient (Wildman–Crippen LogP) is 0.875. The fourth-order valence-electron chi connectivity index (χ4n) is 2.18. The first-order valence-corrected chi connectivity index (χ1v) is 6.21. The Morgan fingerprint density at radius 2 is 2.11 bits per heavy atom. The highest BCUT2D eigenvalue weighted by Crippen LogP contribution is 2.09. The summed E-state index contributed by atoms with van der Waals surface area (Å²) < 4.78 is 19.9. The topological polar surface area (TPSA) is 46.8 Å². The summed E-state index contributed by atoms with van der Waals surface area (Å²) in [6, 6.07) is 2.95. The number of amides is 1. The second kappa shape index (κ2) is 4.97. The van der Waals surface area contributed by atoms with Crippen molar-refractivity contribution in [2.75, 3.05) is 26.3 Å². The van der Waals surface area contributed by atoms with Crippen LogP contribution in [0.5, 0.6) is 0 Å². The lowest BCUT2D eigenvalue weighted by molar-refractivity contribution is -0.134. The molecule has 0 bridgehead atoms. The molecule has 1 saturated heterocycles. The summed E-state index contributed by atoms with van der Waals surface area (Å²) in [7, 11) is 0. The average Bonchev–Trinajstić information content (AvgIpc) is 2.81. The third-order valence-corrected chi connectivity index (χ3v) is 3.16. The highest BCUT2D eigenvalue weighted by atomic mass is 19.1. The summed E-state index contributed by atoms with van der Waals surface area (Å²) in [6.45, 7) is 2.42. The SMILES string of the molecule is O=C(Cc1cn2cc(F)ccc2n1)N1CCOCC1. The molecule has 0 aliphatic carbocycles. The number of aromatic nitrogens is 2. The van der Waals surface area contributed by atoms with Gasteiger partial charge in [0.05, 0.1) is 25.3 Å². The number of halogens is 1. The number of hydrogen-bond acceptors (Lipinski definition) is 3. The maximum Gasteiger partial charge on any atom is 0.228 e. The van der Waals surface area contributed by atoms with Gasteiger partial charge in [0.15, 0.2) is 0 Å². The van der Waals surface area contributed by atoms with E-state index in [9.17, 15) is 9.18 Å². The number of rotatable bonds is 2. The zero-order valence-corrected chi connectivity index (χ0v) is 10.4. The highest BCUT2D eigenvalue weighted by molar-refractivity contribution is 5.78. The third kappa shape index (κ3) is 2.58. The van der Waals surface area contributed by atoms with Gasteiger partial charge in [-0.25, -0.2) is 9.37 Å². The maximum absolute atomic E-state index is 13.1. The first-order chi connectivity index (χ1) is 9.22. The second-order valence-electron chi connectivity index (χ2n) is 4.51. The Bertz CT molecular complexity index is 605. The van der Waals surface area contributed by atoms with Gasteiger partial charge in [-0.1, -0.05) is 0 Å². The lowest BCUT2D eigenvalue weighted by atomic mass is 10.3. The van der Waals surface area contributed by atoms with E-state index in [1.165, 1.54) is 12.3 Å². The van der Waals surface area contributed by atoms with Crippen LogP contribution in [0.4, 0.5) is 4.39 Å². The highest BCUT2D eigenvalue weighted by Gasteiger charge is 2.18. The summed E-state index contributed by atoms with van der Waals surface area (Å²) in [5, 5.41) is 0. The first-order valence-electron chi connectivity index (χ1n) is 6.21. The summed E-state index contributed by atoms with van der Waals surface area (Å²) in [6.07, 6.45) is 3.28. The zero-order chi connectivity index (χ0) is 13.2. The van der Waals surface area contributed by atoms with Crippen LogP contribution in [0.2, 0.25) is 0 Å². The van der Waals surface area contributed by atoms with Crippen LogP contribution in [0.1, 0.15) is 5.69 Å². The Morgan fingerprint density at radius 1 is 1.32 bits per heavy atom. The smallest absolute Gasteiger partial charge is 0.228 e. The molecule has 0 aromatic carbocycles. The standard InChI is InChI=1S/C13H14FN3O2/c14-10-1-2-12-15-11(9-17(12)8-10)7-13(18)16-3-5-19-6-4-16/h1-2,8-9H,3-7H2. The molecule has 0 spiro atoms. The first kappa shape index (κ1) is 12.1. The lowest BCUT2D eigenvalue weighted by Crippen LogP contribution is -2.41. The minimum Gasteiger partial charge on any atom is -0.378 e. The number of fused-ring (bicyclic) bond motifs is 1. The molecule has 0 unspecified atom stereocenters. The molecule has 19 heavy (non-hydrogen) atoms. The number of hydrogen-bond donors (Lipinski definition) is 0. The van der Waals surface area contributed by atoms with Crippen LogP contribution in [-0.4, -0.2) is 46.5 Å². The molecule has 100 valence electrons. The van der Waals surface area contributed by atoms with Crippen molar-refractivity contribution < 1.29 is 13.9 Å². The van der Waals surface area contributed by atoms with E-state index in [1.54, 1.807) is 21.6 Å². The molecule has 3 heterocycles. The van der Waals surface area contributed by atoms with Crippen molar-refractivity contribution in [2.45, 2.75) is 6.42 Å². The van der Waals surface area contributed by atoms with E-state index < -0.39 is 0 Å². The van der Waals surface area contributed by atoms with E-state index in [-0.39, 0.29) is 18.1 Å². The molecule has 1 aliphatic heterocycles. The van der Waals surface area contributed by atoms with Crippen LogP contribution in [-0.2, 0) is 16.0 Å². The van der Waals surface area contributed by atoms with Crippen molar-refractivity contribution in [1.82, 2.24) is 14.3 Å². The molecule has 0 saturated carbocycles. The molecule has 3 rings (SSSR count). The van der Waals surface area contributed by atoms with E-state index in [1.807, 2.05) is 0 Å². The Labute approximate surface area is 109 Å². The van der Waals surface area contributed by atoms with Gasteiger partial charge in [-0.15, -0.1) is 0 Å². The van der Waals surface area contributed by atoms with Crippen LogP contribution in [0.15, 0.2) is 24.5 Å². The summed E-state index contributed by atoms with van der Waals surface area (Å²) >= 11 is 0. The quantitative estimate of drug-likeness (QED) is 0.808. The fourth-order valence-corrected chi connectivity index (χ4v) is 2.18. The molecular formula is C13H14FN3O2. The number of ether oxygens (including phenoxy) is 1. The molecule has 0 atom stereocenters. The van der Waals surface area contributed by atoms with Crippen LogP contribution >= 0.6 is 0 Å². The van der Waals surface area contributed by atoms with Gasteiger partial charge < -0.3 is 14.0 Å². The minimum atomic E-state index is -0.323. The van der Waals surface area contributed by atoms with Gasteiger partial charge in [-0.2, -0.15) is 0 Å². The Morgan fingerprint density at radius 3 is 2.89 bits per heavy atom. The van der Waals surface area contributed by atoms with Crippen LogP contribution < -0.4 is 0 Å². The molecule has 6 heteroatoms. The fraction of sp³-hybridized carbons (Fsp3) is 0.385. The van der Waals surface area contributed by atoms with Crippen molar-refractivity contribution in [3.05, 3.63) is 36.0 Å². The van der Waals surface area contributed by atoms with Crippen LogP contribution in [0.3, 0.4) is 0 Å². The summed E-state index contributed by atoms with van der Waals surface area (Å²) in [4.78, 5) is 18.1. The van der Waals surface area contributed by atoms with E-state index in [0.29, 0.717) is 37.6 Å². The molecule has 0 N–H and O–H groups in total. The average molecular weight is 263 g/mol. The Kier molecular flexibility index (Phi) is 3.16. The molecule has 1 amide bonds. The van der Waals surface area contributed by atoms with Crippen molar-refractivity contribution in [3.63, 3.8) is 0 Å². The number of carbonyl (C=O) groups excluding carboxylic acids is 1. The monoisotopic (exact) mass is 263 g/mol. The van der Waals surface area contributed by atoms with Crippen molar-refractivity contribution in [3.8, 4) is 0 Å². The lowest BCUT2D eigenvalue weighted by Gasteiger charge is -2.26. The second-order valence-corrected chi connectivity index (χ2v) is 4.51. The molecular weight excluding hydrogens is 249 g/mol. The normalized spacial score (nSPS) is 15.9. The molecule has 1 fully saturated rings. The number of imidazole rings is 1. The van der Waals surface area contributed by atoms with Gasteiger partial charge in [0.25, 0.3) is 0 Å². The van der Waals surface area contributed by atoms with Crippen molar-refractivity contribution >= 4 is 11.6 Å². The van der Waals surface area contributed by atoms with Gasteiger partial charge >= 0.3 is 0 Å². The van der Waals surface area contributed by atoms with Gasteiger partial charge in [0.1, 0.15) is 11.5 Å². The zero-order valence-electron chi connectivity index (χ0n) is 10.4. The van der Waals surface area contributed by atoms with E-state index in [4.69, 9.17) is 4.74 Å². The van der Waals surface area contributed by atoms with Gasteiger partial charge in [0.2, 0.25) is 5.91 Å². The molecule has 2 aromatic rings. The largest absolute Gasteiger partial charge is 0.378 e. The molecule has 0 radical (unpaired) electrons. The van der Waals surface area contributed by atoms with Crippen LogP contribution in [0, 0.1) is 5.82 Å². The molecule has 5 nitrogen and oxygen atoms in total.